The largest absolute Gasteiger partial charge is 0.372 e. The molecule has 1 aliphatic rings. The molecular weight excluding hydrogens is 385 g/mol. The Morgan fingerprint density at radius 1 is 0.750 bits per heavy atom. The van der Waals surface area contributed by atoms with E-state index in [1.54, 1.807) is 12.1 Å². The third kappa shape index (κ3) is 5.57. The Bertz CT molecular complexity index is 760. The van der Waals surface area contributed by atoms with E-state index < -0.39 is 0 Å². The first-order chi connectivity index (χ1) is 13.7. The number of thioether (sulfide) groups is 2. The van der Waals surface area contributed by atoms with Crippen molar-refractivity contribution >= 4 is 39.0 Å². The van der Waals surface area contributed by atoms with Gasteiger partial charge in [0, 0.05) is 40.1 Å². The monoisotopic (exact) mass is 415 g/mol. The number of rotatable bonds is 9. The molecule has 1 aliphatic heterocycles. The maximum absolute atomic E-state index is 13.3. The van der Waals surface area contributed by atoms with Crippen molar-refractivity contribution in [2.45, 2.75) is 39.5 Å². The minimum atomic E-state index is -0.178. The third-order valence-corrected chi connectivity index (χ3v) is 7.61. The van der Waals surface area contributed by atoms with Crippen molar-refractivity contribution in [2.75, 3.05) is 29.5 Å². The minimum absolute atomic E-state index is 0.178. The zero-order chi connectivity index (χ0) is 19.8. The summed E-state index contributed by atoms with van der Waals surface area (Å²) in [6.45, 7) is 6.76. The fourth-order valence-corrected chi connectivity index (χ4v) is 5.87. The van der Waals surface area contributed by atoms with Gasteiger partial charge >= 0.3 is 0 Å². The van der Waals surface area contributed by atoms with Crippen molar-refractivity contribution in [3.8, 4) is 0 Å². The highest BCUT2D eigenvalue weighted by Gasteiger charge is 2.18. The summed E-state index contributed by atoms with van der Waals surface area (Å²) < 4.78 is 13.3. The van der Waals surface area contributed by atoms with Gasteiger partial charge in [0.25, 0.3) is 0 Å². The summed E-state index contributed by atoms with van der Waals surface area (Å²) in [5.41, 5.74) is 3.71. The zero-order valence-corrected chi connectivity index (χ0v) is 18.6. The quantitative estimate of drug-likeness (QED) is 0.416. The average molecular weight is 416 g/mol. The Labute approximate surface area is 177 Å². The highest BCUT2D eigenvalue weighted by Crippen LogP contribution is 2.45. The minimum Gasteiger partial charge on any atom is -0.372 e. The number of anilines is 1. The van der Waals surface area contributed by atoms with Gasteiger partial charge in [0.05, 0.1) is 0 Å². The molecule has 28 heavy (non-hydrogen) atoms. The van der Waals surface area contributed by atoms with Crippen LogP contribution in [-0.4, -0.2) is 24.6 Å². The molecule has 2 aromatic rings. The van der Waals surface area contributed by atoms with Crippen molar-refractivity contribution in [1.82, 2.24) is 0 Å². The van der Waals surface area contributed by atoms with Crippen molar-refractivity contribution in [3.63, 3.8) is 0 Å². The van der Waals surface area contributed by atoms with E-state index in [1.165, 1.54) is 46.7 Å². The second-order valence-corrected chi connectivity index (χ2v) is 9.31. The molecule has 0 saturated carbocycles. The number of halogens is 1. The van der Waals surface area contributed by atoms with Gasteiger partial charge in [0.1, 0.15) is 5.82 Å². The maximum atomic E-state index is 13.3. The van der Waals surface area contributed by atoms with Crippen LogP contribution < -0.4 is 4.90 Å². The standard InChI is InChI=1S/C24H30FNS2/c1-3-5-15-26(16-6-4-2)22-13-9-20(10-14-22)24-23(27-17-18-28-24)19-7-11-21(25)12-8-19/h7-14H,3-6,15-18H2,1-2H3. The van der Waals surface area contributed by atoms with Crippen LogP contribution in [0.4, 0.5) is 10.1 Å². The lowest BCUT2D eigenvalue weighted by Gasteiger charge is -2.25. The van der Waals surface area contributed by atoms with Crippen LogP contribution in [0.15, 0.2) is 48.5 Å². The molecule has 0 unspecified atom stereocenters. The summed E-state index contributed by atoms with van der Waals surface area (Å²) in [6.07, 6.45) is 4.92. The smallest absolute Gasteiger partial charge is 0.123 e. The molecule has 0 radical (unpaired) electrons. The Kier molecular flexibility index (Phi) is 8.35. The first kappa shape index (κ1) is 21.3. The maximum Gasteiger partial charge on any atom is 0.123 e. The summed E-state index contributed by atoms with van der Waals surface area (Å²) in [4.78, 5) is 5.12. The van der Waals surface area contributed by atoms with Crippen molar-refractivity contribution in [2.24, 2.45) is 0 Å². The fraction of sp³-hybridized carbons (Fsp3) is 0.417. The molecule has 0 fully saturated rings. The molecule has 1 heterocycles. The van der Waals surface area contributed by atoms with E-state index in [2.05, 4.69) is 43.0 Å². The van der Waals surface area contributed by atoms with E-state index in [0.717, 1.165) is 30.2 Å². The van der Waals surface area contributed by atoms with Crippen molar-refractivity contribution in [3.05, 3.63) is 65.5 Å². The molecule has 150 valence electrons. The average Bonchev–Trinajstić information content (AvgIpc) is 2.75. The lowest BCUT2D eigenvalue weighted by Crippen LogP contribution is -2.25. The Morgan fingerprint density at radius 3 is 1.68 bits per heavy atom. The molecular formula is C24H30FNS2. The van der Waals surface area contributed by atoms with Gasteiger partial charge in [0.15, 0.2) is 0 Å². The van der Waals surface area contributed by atoms with Crippen LogP contribution in [-0.2, 0) is 0 Å². The van der Waals surface area contributed by atoms with Crippen LogP contribution in [0.1, 0.15) is 50.7 Å². The van der Waals surface area contributed by atoms with Gasteiger partial charge in [0.2, 0.25) is 0 Å². The van der Waals surface area contributed by atoms with Gasteiger partial charge in [-0.3, -0.25) is 0 Å². The molecule has 0 saturated heterocycles. The van der Waals surface area contributed by atoms with Gasteiger partial charge in [-0.05, 0) is 48.2 Å². The molecule has 0 spiro atoms. The van der Waals surface area contributed by atoms with Crippen LogP contribution in [0.25, 0.3) is 9.81 Å². The summed E-state index contributed by atoms with van der Waals surface area (Å²) in [5.74, 6) is 2.04. The van der Waals surface area contributed by atoms with E-state index in [-0.39, 0.29) is 5.82 Å². The van der Waals surface area contributed by atoms with E-state index in [4.69, 9.17) is 0 Å². The van der Waals surface area contributed by atoms with E-state index in [1.807, 2.05) is 35.7 Å². The van der Waals surface area contributed by atoms with Crippen LogP contribution in [0.3, 0.4) is 0 Å². The molecule has 3 rings (SSSR count). The Morgan fingerprint density at radius 2 is 1.21 bits per heavy atom. The van der Waals surface area contributed by atoms with Crippen LogP contribution in [0.5, 0.6) is 0 Å². The zero-order valence-electron chi connectivity index (χ0n) is 16.9. The molecule has 0 aromatic heterocycles. The van der Waals surface area contributed by atoms with Crippen LogP contribution in [0.2, 0.25) is 0 Å². The number of hydrogen-bond donors (Lipinski definition) is 0. The van der Waals surface area contributed by atoms with E-state index >= 15 is 0 Å². The van der Waals surface area contributed by atoms with Crippen LogP contribution >= 0.6 is 23.5 Å². The highest BCUT2D eigenvalue weighted by atomic mass is 32.2. The first-order valence-electron chi connectivity index (χ1n) is 10.3. The normalized spacial score (nSPS) is 14.4. The molecule has 0 aliphatic carbocycles. The summed E-state index contributed by atoms with van der Waals surface area (Å²) in [7, 11) is 0. The molecule has 0 amide bonds. The number of nitrogens with zero attached hydrogens (tertiary/aromatic N) is 1. The van der Waals surface area contributed by atoms with E-state index in [9.17, 15) is 4.39 Å². The molecule has 0 bridgehead atoms. The molecule has 0 N–H and O–H groups in total. The first-order valence-corrected chi connectivity index (χ1v) is 12.3. The Hall–Kier alpha value is -1.39. The number of hydrogen-bond acceptors (Lipinski definition) is 3. The van der Waals surface area contributed by atoms with Gasteiger partial charge in [-0.1, -0.05) is 51.0 Å². The molecule has 4 heteroatoms. The lowest BCUT2D eigenvalue weighted by atomic mass is 10.1. The van der Waals surface area contributed by atoms with Crippen molar-refractivity contribution < 1.29 is 4.39 Å². The topological polar surface area (TPSA) is 3.24 Å². The highest BCUT2D eigenvalue weighted by molar-refractivity contribution is 8.16. The predicted molar refractivity (Wildman–Crippen MR) is 127 cm³/mol. The number of benzene rings is 2. The Balaban J connectivity index is 1.86. The summed E-state index contributed by atoms with van der Waals surface area (Å²) in [5, 5.41) is 0. The predicted octanol–water partition coefficient (Wildman–Crippen LogP) is 7.54. The fourth-order valence-electron chi connectivity index (χ4n) is 3.34. The van der Waals surface area contributed by atoms with Gasteiger partial charge < -0.3 is 4.90 Å². The van der Waals surface area contributed by atoms with Gasteiger partial charge in [-0.2, -0.15) is 0 Å². The molecule has 1 nitrogen and oxygen atoms in total. The van der Waals surface area contributed by atoms with Gasteiger partial charge in [-0.25, -0.2) is 4.39 Å². The second kappa shape index (κ2) is 11.0. The van der Waals surface area contributed by atoms with E-state index in [0.29, 0.717) is 0 Å². The number of unbranched alkanes of at least 4 members (excludes halogenated alkanes) is 2. The third-order valence-electron chi connectivity index (χ3n) is 4.95. The summed E-state index contributed by atoms with van der Waals surface area (Å²) in [6, 6.07) is 16.0. The molecule has 0 atom stereocenters. The summed E-state index contributed by atoms with van der Waals surface area (Å²) >= 11 is 3.80. The SMILES string of the molecule is CCCCN(CCCC)c1ccc(C2=C(c3ccc(F)cc3)SCCS2)cc1. The second-order valence-electron chi connectivity index (χ2n) is 7.10. The lowest BCUT2D eigenvalue weighted by molar-refractivity contribution is 0.628. The van der Waals surface area contributed by atoms with Crippen LogP contribution in [0, 0.1) is 5.82 Å². The van der Waals surface area contributed by atoms with Crippen molar-refractivity contribution in [1.29, 1.82) is 0 Å². The van der Waals surface area contributed by atoms with Gasteiger partial charge in [-0.15, -0.1) is 23.5 Å². The molecule has 2 aromatic carbocycles.